The Labute approximate surface area is 123 Å². The van der Waals surface area contributed by atoms with Crippen molar-refractivity contribution in [2.75, 3.05) is 18.4 Å². The van der Waals surface area contributed by atoms with Gasteiger partial charge in [0.05, 0.1) is 5.52 Å². The van der Waals surface area contributed by atoms with E-state index in [4.69, 9.17) is 0 Å². The van der Waals surface area contributed by atoms with Crippen LogP contribution >= 0.6 is 0 Å². The SMILES string of the molecule is N#Cc1c(NCC2CCCCN2)nc2ccccc2c1F. The third kappa shape index (κ3) is 2.81. The highest BCUT2D eigenvalue weighted by atomic mass is 19.1. The molecule has 2 N–H and O–H groups in total. The molecule has 0 bridgehead atoms. The molecule has 0 saturated carbocycles. The van der Waals surface area contributed by atoms with Crippen molar-refractivity contribution in [3.8, 4) is 6.07 Å². The van der Waals surface area contributed by atoms with Crippen LogP contribution in [0.5, 0.6) is 0 Å². The fourth-order valence-electron chi connectivity index (χ4n) is 2.72. The topological polar surface area (TPSA) is 60.7 Å². The van der Waals surface area contributed by atoms with Crippen LogP contribution in [0.3, 0.4) is 0 Å². The molecule has 0 aliphatic carbocycles. The average Bonchev–Trinajstić information content (AvgIpc) is 2.54. The van der Waals surface area contributed by atoms with Gasteiger partial charge in [0, 0.05) is 18.0 Å². The fourth-order valence-corrected chi connectivity index (χ4v) is 2.72. The molecular formula is C16H17FN4. The molecule has 5 heteroatoms. The van der Waals surface area contributed by atoms with Gasteiger partial charge in [-0.3, -0.25) is 0 Å². The maximum Gasteiger partial charge on any atom is 0.154 e. The molecule has 108 valence electrons. The van der Waals surface area contributed by atoms with Gasteiger partial charge >= 0.3 is 0 Å². The van der Waals surface area contributed by atoms with Crippen LogP contribution in [0.15, 0.2) is 24.3 Å². The molecule has 1 aliphatic rings. The number of hydrogen-bond acceptors (Lipinski definition) is 4. The third-order valence-corrected chi connectivity index (χ3v) is 3.87. The summed E-state index contributed by atoms with van der Waals surface area (Å²) >= 11 is 0. The van der Waals surface area contributed by atoms with Gasteiger partial charge in [-0.1, -0.05) is 18.6 Å². The number of halogens is 1. The quantitative estimate of drug-likeness (QED) is 0.910. The first-order chi connectivity index (χ1) is 10.3. The van der Waals surface area contributed by atoms with Gasteiger partial charge in [0.15, 0.2) is 5.82 Å². The number of aromatic nitrogens is 1. The van der Waals surface area contributed by atoms with Gasteiger partial charge in [0.1, 0.15) is 17.5 Å². The van der Waals surface area contributed by atoms with E-state index in [0.29, 0.717) is 29.3 Å². The van der Waals surface area contributed by atoms with Crippen LogP contribution in [0.1, 0.15) is 24.8 Å². The second kappa shape index (κ2) is 6.06. The number of rotatable bonds is 3. The van der Waals surface area contributed by atoms with E-state index in [1.165, 1.54) is 12.8 Å². The molecule has 2 heterocycles. The van der Waals surface area contributed by atoms with Gasteiger partial charge in [-0.25, -0.2) is 9.37 Å². The molecule has 1 saturated heterocycles. The Morgan fingerprint density at radius 2 is 2.24 bits per heavy atom. The lowest BCUT2D eigenvalue weighted by atomic mass is 10.0. The summed E-state index contributed by atoms with van der Waals surface area (Å²) < 4.78 is 14.4. The van der Waals surface area contributed by atoms with Crippen molar-refractivity contribution in [3.05, 3.63) is 35.6 Å². The molecule has 0 amide bonds. The van der Waals surface area contributed by atoms with Gasteiger partial charge < -0.3 is 10.6 Å². The summed E-state index contributed by atoms with van der Waals surface area (Å²) in [5.74, 6) is -0.164. The Morgan fingerprint density at radius 3 is 3.00 bits per heavy atom. The highest BCUT2D eigenvalue weighted by molar-refractivity contribution is 5.83. The first-order valence-corrected chi connectivity index (χ1v) is 7.25. The van der Waals surface area contributed by atoms with E-state index in [2.05, 4.69) is 15.6 Å². The summed E-state index contributed by atoms with van der Waals surface area (Å²) in [4.78, 5) is 4.39. The molecule has 3 rings (SSSR count). The minimum absolute atomic E-state index is 0.00971. The molecular weight excluding hydrogens is 267 g/mol. The van der Waals surface area contributed by atoms with Gasteiger partial charge in [0.2, 0.25) is 0 Å². The number of nitrogens with one attached hydrogen (secondary N) is 2. The van der Waals surface area contributed by atoms with Crippen molar-refractivity contribution in [2.24, 2.45) is 0 Å². The molecule has 1 aromatic carbocycles. The molecule has 1 atom stereocenters. The van der Waals surface area contributed by atoms with Crippen LogP contribution in [0.25, 0.3) is 10.9 Å². The van der Waals surface area contributed by atoms with Crippen molar-refractivity contribution in [3.63, 3.8) is 0 Å². The van der Waals surface area contributed by atoms with Crippen LogP contribution in [0.4, 0.5) is 10.2 Å². The normalized spacial score (nSPS) is 18.4. The molecule has 21 heavy (non-hydrogen) atoms. The Bertz CT molecular complexity index is 686. The predicted molar refractivity (Wildman–Crippen MR) is 80.5 cm³/mol. The average molecular weight is 284 g/mol. The Hall–Kier alpha value is -2.19. The van der Waals surface area contributed by atoms with Crippen molar-refractivity contribution >= 4 is 16.7 Å². The van der Waals surface area contributed by atoms with Crippen LogP contribution in [-0.2, 0) is 0 Å². The van der Waals surface area contributed by atoms with Crippen molar-refractivity contribution in [2.45, 2.75) is 25.3 Å². The number of pyridine rings is 1. The zero-order valence-corrected chi connectivity index (χ0v) is 11.7. The largest absolute Gasteiger partial charge is 0.367 e. The van der Waals surface area contributed by atoms with E-state index in [1.807, 2.05) is 12.1 Å². The Morgan fingerprint density at radius 1 is 1.38 bits per heavy atom. The van der Waals surface area contributed by atoms with Crippen LogP contribution < -0.4 is 10.6 Å². The minimum Gasteiger partial charge on any atom is -0.367 e. The molecule has 0 spiro atoms. The number of hydrogen-bond donors (Lipinski definition) is 2. The van der Waals surface area contributed by atoms with Crippen LogP contribution in [0.2, 0.25) is 0 Å². The summed E-state index contributed by atoms with van der Waals surface area (Å²) in [6, 6.07) is 9.23. The first-order valence-electron chi connectivity index (χ1n) is 7.25. The lowest BCUT2D eigenvalue weighted by molar-refractivity contribution is 0.414. The smallest absolute Gasteiger partial charge is 0.154 e. The molecule has 0 radical (unpaired) electrons. The molecule has 1 aromatic heterocycles. The lowest BCUT2D eigenvalue weighted by Crippen LogP contribution is -2.39. The highest BCUT2D eigenvalue weighted by Gasteiger charge is 2.17. The summed E-state index contributed by atoms with van der Waals surface area (Å²) in [5.41, 5.74) is 0.553. The van der Waals surface area contributed by atoms with E-state index < -0.39 is 5.82 Å². The predicted octanol–water partition coefficient (Wildman–Crippen LogP) is 2.80. The molecule has 4 nitrogen and oxygen atoms in total. The molecule has 2 aromatic rings. The summed E-state index contributed by atoms with van der Waals surface area (Å²) in [6.45, 7) is 1.66. The lowest BCUT2D eigenvalue weighted by Gasteiger charge is -2.24. The van der Waals surface area contributed by atoms with E-state index in [-0.39, 0.29) is 5.56 Å². The monoisotopic (exact) mass is 284 g/mol. The number of nitrogens with zero attached hydrogens (tertiary/aromatic N) is 2. The van der Waals surface area contributed by atoms with Crippen LogP contribution in [-0.4, -0.2) is 24.1 Å². The van der Waals surface area contributed by atoms with E-state index >= 15 is 0 Å². The molecule has 1 unspecified atom stereocenters. The number of benzene rings is 1. The van der Waals surface area contributed by atoms with Crippen LogP contribution in [0, 0.1) is 17.1 Å². The van der Waals surface area contributed by atoms with Crippen molar-refractivity contribution in [1.82, 2.24) is 10.3 Å². The maximum atomic E-state index is 14.4. The Balaban J connectivity index is 1.88. The summed E-state index contributed by atoms with van der Waals surface area (Å²) in [7, 11) is 0. The third-order valence-electron chi connectivity index (χ3n) is 3.87. The Kier molecular flexibility index (Phi) is 3.98. The van der Waals surface area contributed by atoms with E-state index in [9.17, 15) is 9.65 Å². The zero-order valence-electron chi connectivity index (χ0n) is 11.7. The number of fused-ring (bicyclic) bond motifs is 1. The zero-order chi connectivity index (χ0) is 14.7. The first kappa shape index (κ1) is 13.8. The second-order valence-electron chi connectivity index (χ2n) is 5.31. The fraction of sp³-hybridized carbons (Fsp3) is 0.375. The highest BCUT2D eigenvalue weighted by Crippen LogP contribution is 2.24. The number of piperidine rings is 1. The summed E-state index contributed by atoms with van der Waals surface area (Å²) in [5, 5.41) is 16.1. The van der Waals surface area contributed by atoms with Gasteiger partial charge in [-0.2, -0.15) is 5.26 Å². The molecule has 1 aliphatic heterocycles. The molecule has 1 fully saturated rings. The van der Waals surface area contributed by atoms with Gasteiger partial charge in [-0.05, 0) is 31.5 Å². The van der Waals surface area contributed by atoms with Gasteiger partial charge in [0.25, 0.3) is 0 Å². The summed E-state index contributed by atoms with van der Waals surface area (Å²) in [6.07, 6.45) is 3.48. The minimum atomic E-state index is -0.498. The van der Waals surface area contributed by atoms with Crippen molar-refractivity contribution < 1.29 is 4.39 Å². The standard InChI is InChI=1S/C16H17FN4/c17-15-12-6-1-2-7-14(12)21-16(13(15)9-18)20-10-11-5-3-4-8-19-11/h1-2,6-7,11,19H,3-5,8,10H2,(H,20,21). The maximum absolute atomic E-state index is 14.4. The van der Waals surface area contributed by atoms with Crippen molar-refractivity contribution in [1.29, 1.82) is 5.26 Å². The number of para-hydroxylation sites is 1. The van der Waals surface area contributed by atoms with E-state index in [1.54, 1.807) is 18.2 Å². The van der Waals surface area contributed by atoms with E-state index in [0.717, 1.165) is 13.0 Å². The van der Waals surface area contributed by atoms with Gasteiger partial charge in [-0.15, -0.1) is 0 Å². The number of nitriles is 1. The number of anilines is 1. The second-order valence-corrected chi connectivity index (χ2v) is 5.31.